The van der Waals surface area contributed by atoms with Gasteiger partial charge in [0.15, 0.2) is 0 Å². The lowest BCUT2D eigenvalue weighted by atomic mass is 9.77. The highest BCUT2D eigenvalue weighted by atomic mass is 16.3. The number of Topliss-reactive ketones (excluding diaryl/α,β-unsaturated/α-hetero) is 1. The van der Waals surface area contributed by atoms with E-state index >= 15 is 0 Å². The van der Waals surface area contributed by atoms with Crippen LogP contribution < -0.4 is 0 Å². The minimum absolute atomic E-state index is 0.450. The average Bonchev–Trinajstić information content (AvgIpc) is 2.09. The second kappa shape index (κ2) is 3.28. The molecule has 0 radical (unpaired) electrons. The van der Waals surface area contributed by atoms with Crippen LogP contribution in [0, 0.1) is 18.3 Å². The second-order valence-corrected chi connectivity index (χ2v) is 3.69. The molecule has 0 amide bonds. The van der Waals surface area contributed by atoms with Crippen molar-refractivity contribution in [2.75, 3.05) is 0 Å². The molecule has 1 aliphatic carbocycles. The summed E-state index contributed by atoms with van der Waals surface area (Å²) in [6, 6.07) is 0. The van der Waals surface area contributed by atoms with Gasteiger partial charge in [-0.1, -0.05) is 6.92 Å². The lowest BCUT2D eigenvalue weighted by molar-refractivity contribution is -0.135. The molecule has 12 heavy (non-hydrogen) atoms. The van der Waals surface area contributed by atoms with Crippen LogP contribution in [0.15, 0.2) is 0 Å². The van der Waals surface area contributed by atoms with Crippen LogP contribution in [0.5, 0.6) is 0 Å². The number of hydrogen-bond acceptors (Lipinski definition) is 2. The molecule has 2 nitrogen and oxygen atoms in total. The van der Waals surface area contributed by atoms with Gasteiger partial charge in [0, 0.05) is 0 Å². The highest BCUT2D eigenvalue weighted by Gasteiger charge is 2.37. The Balaban J connectivity index is 2.63. The molecular formula is C10H14O2. The zero-order valence-corrected chi connectivity index (χ0v) is 7.34. The Morgan fingerprint density at radius 2 is 2.08 bits per heavy atom. The molecule has 0 unspecified atom stereocenters. The summed E-state index contributed by atoms with van der Waals surface area (Å²) in [5.41, 5.74) is -1.21. The average molecular weight is 166 g/mol. The van der Waals surface area contributed by atoms with E-state index in [0.29, 0.717) is 18.8 Å². The molecule has 2 heteroatoms. The van der Waals surface area contributed by atoms with E-state index in [-0.39, 0.29) is 0 Å². The van der Waals surface area contributed by atoms with Gasteiger partial charge in [0.05, 0.1) is 0 Å². The van der Waals surface area contributed by atoms with Crippen LogP contribution in [-0.4, -0.2) is 16.5 Å². The molecule has 0 atom stereocenters. The standard InChI is InChI=1S/C10H14O2/c1-3-9(11)10(12)6-4-8(2)5-7-10/h1,8,12H,4-7H2,2H3. The van der Waals surface area contributed by atoms with Crippen molar-refractivity contribution in [3.63, 3.8) is 0 Å². The zero-order valence-electron chi connectivity index (χ0n) is 7.34. The summed E-state index contributed by atoms with van der Waals surface area (Å²) in [6.07, 6.45) is 7.80. The number of ketones is 1. The third-order valence-electron chi connectivity index (χ3n) is 2.66. The molecule has 0 aromatic carbocycles. The molecule has 0 aliphatic heterocycles. The summed E-state index contributed by atoms with van der Waals surface area (Å²) in [4.78, 5) is 11.1. The van der Waals surface area contributed by atoms with Crippen molar-refractivity contribution in [1.82, 2.24) is 0 Å². The van der Waals surface area contributed by atoms with Crippen molar-refractivity contribution in [3.05, 3.63) is 0 Å². The molecule has 0 heterocycles. The third-order valence-corrected chi connectivity index (χ3v) is 2.66. The Morgan fingerprint density at radius 3 is 2.50 bits per heavy atom. The molecule has 66 valence electrons. The van der Waals surface area contributed by atoms with Crippen LogP contribution >= 0.6 is 0 Å². The van der Waals surface area contributed by atoms with E-state index in [1.54, 1.807) is 0 Å². The predicted octanol–water partition coefficient (Wildman–Crippen LogP) is 1.13. The maximum atomic E-state index is 11.1. The fraction of sp³-hybridized carbons (Fsp3) is 0.700. The van der Waals surface area contributed by atoms with Gasteiger partial charge in [-0.25, -0.2) is 0 Å². The first kappa shape index (κ1) is 9.28. The van der Waals surface area contributed by atoms with E-state index in [1.165, 1.54) is 0 Å². The number of rotatable bonds is 1. The smallest absolute Gasteiger partial charge is 0.236 e. The van der Waals surface area contributed by atoms with Crippen LogP contribution in [0.25, 0.3) is 0 Å². The largest absolute Gasteiger partial charge is 0.381 e. The second-order valence-electron chi connectivity index (χ2n) is 3.69. The van der Waals surface area contributed by atoms with Crippen molar-refractivity contribution in [1.29, 1.82) is 0 Å². The molecular weight excluding hydrogens is 152 g/mol. The highest BCUT2D eigenvalue weighted by molar-refractivity contribution is 6.01. The first-order chi connectivity index (χ1) is 5.58. The summed E-state index contributed by atoms with van der Waals surface area (Å²) in [7, 11) is 0. The van der Waals surface area contributed by atoms with Gasteiger partial charge in [-0.15, -0.1) is 6.42 Å². The van der Waals surface area contributed by atoms with Gasteiger partial charge >= 0.3 is 0 Å². The summed E-state index contributed by atoms with van der Waals surface area (Å²) < 4.78 is 0. The van der Waals surface area contributed by atoms with Crippen LogP contribution in [0.3, 0.4) is 0 Å². The van der Waals surface area contributed by atoms with Crippen molar-refractivity contribution in [2.24, 2.45) is 5.92 Å². The van der Waals surface area contributed by atoms with Crippen molar-refractivity contribution >= 4 is 5.78 Å². The molecule has 1 saturated carbocycles. The molecule has 0 bridgehead atoms. The van der Waals surface area contributed by atoms with Crippen LogP contribution in [-0.2, 0) is 4.79 Å². The summed E-state index contributed by atoms with van der Waals surface area (Å²) >= 11 is 0. The van der Waals surface area contributed by atoms with Gasteiger partial charge in [0.1, 0.15) is 5.60 Å². The maximum Gasteiger partial charge on any atom is 0.236 e. The minimum atomic E-state index is -1.21. The predicted molar refractivity (Wildman–Crippen MR) is 46.4 cm³/mol. The Morgan fingerprint density at radius 1 is 1.58 bits per heavy atom. The van der Waals surface area contributed by atoms with Gasteiger partial charge in [-0.05, 0) is 37.5 Å². The molecule has 0 saturated heterocycles. The van der Waals surface area contributed by atoms with Gasteiger partial charge in [-0.2, -0.15) is 0 Å². The number of aliphatic hydroxyl groups is 1. The van der Waals surface area contributed by atoms with E-state index in [1.807, 2.05) is 5.92 Å². The zero-order chi connectivity index (χ0) is 9.19. The molecule has 1 rings (SSSR count). The lowest BCUT2D eigenvalue weighted by Crippen LogP contribution is -2.41. The maximum absolute atomic E-state index is 11.1. The van der Waals surface area contributed by atoms with Gasteiger partial charge in [0.25, 0.3) is 0 Å². The Bertz CT molecular complexity index is 216. The SMILES string of the molecule is C#CC(=O)C1(O)CCC(C)CC1. The van der Waals surface area contributed by atoms with E-state index in [9.17, 15) is 9.90 Å². The lowest BCUT2D eigenvalue weighted by Gasteiger charge is -2.31. The van der Waals surface area contributed by atoms with E-state index < -0.39 is 11.4 Å². The molecule has 1 N–H and O–H groups in total. The number of terminal acetylenes is 1. The molecule has 1 fully saturated rings. The van der Waals surface area contributed by atoms with Crippen molar-refractivity contribution < 1.29 is 9.90 Å². The van der Waals surface area contributed by atoms with Crippen LogP contribution in [0.1, 0.15) is 32.6 Å². The highest BCUT2D eigenvalue weighted by Crippen LogP contribution is 2.32. The number of hydrogen-bond donors (Lipinski definition) is 1. The van der Waals surface area contributed by atoms with Crippen molar-refractivity contribution in [2.45, 2.75) is 38.2 Å². The fourth-order valence-corrected chi connectivity index (χ4v) is 1.60. The van der Waals surface area contributed by atoms with E-state index in [0.717, 1.165) is 12.8 Å². The van der Waals surface area contributed by atoms with E-state index in [4.69, 9.17) is 6.42 Å². The Hall–Kier alpha value is -0.810. The first-order valence-electron chi connectivity index (χ1n) is 4.32. The normalized spacial score (nSPS) is 35.6. The van der Waals surface area contributed by atoms with Gasteiger partial charge in [0.2, 0.25) is 5.78 Å². The monoisotopic (exact) mass is 166 g/mol. The molecule has 0 aromatic rings. The molecule has 0 aromatic heterocycles. The van der Waals surface area contributed by atoms with Crippen molar-refractivity contribution in [3.8, 4) is 12.3 Å². The third kappa shape index (κ3) is 1.67. The molecule has 0 spiro atoms. The summed E-state index contributed by atoms with van der Waals surface area (Å²) in [6.45, 7) is 2.12. The van der Waals surface area contributed by atoms with Crippen LogP contribution in [0.2, 0.25) is 0 Å². The Kier molecular flexibility index (Phi) is 2.54. The Labute approximate surface area is 73.0 Å². The summed E-state index contributed by atoms with van der Waals surface area (Å²) in [5, 5.41) is 9.77. The van der Waals surface area contributed by atoms with Crippen LogP contribution in [0.4, 0.5) is 0 Å². The quantitative estimate of drug-likeness (QED) is 0.468. The van der Waals surface area contributed by atoms with E-state index in [2.05, 4.69) is 6.92 Å². The fourth-order valence-electron chi connectivity index (χ4n) is 1.60. The molecule has 1 aliphatic rings. The van der Waals surface area contributed by atoms with Gasteiger partial charge < -0.3 is 5.11 Å². The minimum Gasteiger partial charge on any atom is -0.381 e. The van der Waals surface area contributed by atoms with Gasteiger partial charge in [-0.3, -0.25) is 4.79 Å². The number of carbonyl (C=O) groups is 1. The summed E-state index contributed by atoms with van der Waals surface area (Å²) in [5.74, 6) is 2.16. The topological polar surface area (TPSA) is 37.3 Å². The first-order valence-corrected chi connectivity index (χ1v) is 4.32. The number of carbonyl (C=O) groups excluding carboxylic acids is 1.